The topological polar surface area (TPSA) is 58.6 Å². The van der Waals surface area contributed by atoms with Gasteiger partial charge in [0.25, 0.3) is 0 Å². The van der Waals surface area contributed by atoms with Gasteiger partial charge in [-0.1, -0.05) is 35.9 Å². The van der Waals surface area contributed by atoms with E-state index in [1.54, 1.807) is 11.0 Å². The summed E-state index contributed by atoms with van der Waals surface area (Å²) < 4.78 is 18.9. The lowest BCUT2D eigenvalue weighted by molar-refractivity contribution is -0.136. The molecule has 0 bridgehead atoms. The fourth-order valence-corrected chi connectivity index (χ4v) is 4.20. The zero-order chi connectivity index (χ0) is 22.4. The zero-order valence-electron chi connectivity index (χ0n) is 17.9. The van der Waals surface area contributed by atoms with E-state index in [0.29, 0.717) is 44.5 Å². The molecule has 7 heteroatoms. The van der Waals surface area contributed by atoms with Crippen molar-refractivity contribution in [3.8, 4) is 5.75 Å². The van der Waals surface area contributed by atoms with Crippen LogP contribution < -0.4 is 10.1 Å². The third-order valence-electron chi connectivity index (χ3n) is 5.59. The lowest BCUT2D eigenvalue weighted by atomic mass is 9.90. The number of halogens is 2. The second-order valence-electron chi connectivity index (χ2n) is 8.30. The quantitative estimate of drug-likeness (QED) is 0.679. The molecule has 1 saturated heterocycles. The second kappa shape index (κ2) is 10.1. The Balaban J connectivity index is 1.46. The van der Waals surface area contributed by atoms with Gasteiger partial charge in [0, 0.05) is 24.0 Å². The Bertz CT molecular complexity index is 912. The van der Waals surface area contributed by atoms with Gasteiger partial charge in [-0.25, -0.2) is 4.39 Å². The van der Waals surface area contributed by atoms with Crippen LogP contribution in [-0.4, -0.2) is 36.4 Å². The first-order chi connectivity index (χ1) is 14.8. The van der Waals surface area contributed by atoms with Gasteiger partial charge in [0.1, 0.15) is 11.6 Å². The molecule has 2 aromatic rings. The van der Waals surface area contributed by atoms with Gasteiger partial charge in [-0.2, -0.15) is 0 Å². The molecule has 0 unspecified atom stereocenters. The number of rotatable bonds is 7. The smallest absolute Gasteiger partial charge is 0.225 e. The molecule has 1 aliphatic heterocycles. The maximum Gasteiger partial charge on any atom is 0.225 e. The van der Waals surface area contributed by atoms with E-state index in [4.69, 9.17) is 16.3 Å². The Morgan fingerprint density at radius 1 is 1.16 bits per heavy atom. The Morgan fingerprint density at radius 2 is 1.84 bits per heavy atom. The number of benzene rings is 2. The van der Waals surface area contributed by atoms with Crippen molar-refractivity contribution >= 4 is 23.4 Å². The number of nitrogens with one attached hydrogen (secondary N) is 1. The average Bonchev–Trinajstić information content (AvgIpc) is 2.74. The molecule has 0 saturated carbocycles. The van der Waals surface area contributed by atoms with Crippen LogP contribution in [-0.2, 0) is 15.1 Å². The van der Waals surface area contributed by atoms with Gasteiger partial charge in [0.15, 0.2) is 0 Å². The van der Waals surface area contributed by atoms with Crippen molar-refractivity contribution < 1.29 is 18.7 Å². The monoisotopic (exact) mass is 446 g/mol. The minimum atomic E-state index is -0.733. The number of piperidine rings is 1. The van der Waals surface area contributed by atoms with Crippen LogP contribution in [0.2, 0.25) is 5.02 Å². The molecule has 2 amide bonds. The van der Waals surface area contributed by atoms with Crippen molar-refractivity contribution in [2.75, 3.05) is 19.7 Å². The summed E-state index contributed by atoms with van der Waals surface area (Å²) in [6, 6.07) is 13.6. The van der Waals surface area contributed by atoms with Gasteiger partial charge in [0.05, 0.1) is 18.6 Å². The van der Waals surface area contributed by atoms with Crippen LogP contribution >= 0.6 is 11.6 Å². The minimum absolute atomic E-state index is 0.0354. The van der Waals surface area contributed by atoms with Gasteiger partial charge < -0.3 is 15.0 Å². The molecular formula is C24H28ClFN2O3. The van der Waals surface area contributed by atoms with E-state index in [1.165, 1.54) is 12.1 Å². The molecule has 166 valence electrons. The van der Waals surface area contributed by atoms with Crippen molar-refractivity contribution in [2.45, 2.75) is 38.6 Å². The third kappa shape index (κ3) is 6.20. The maximum atomic E-state index is 13.3. The molecular weight excluding hydrogens is 419 g/mol. The second-order valence-corrected chi connectivity index (χ2v) is 8.71. The number of amides is 2. The first kappa shape index (κ1) is 23.1. The number of nitrogens with zero attached hydrogens (tertiary/aromatic N) is 1. The van der Waals surface area contributed by atoms with E-state index < -0.39 is 11.4 Å². The summed E-state index contributed by atoms with van der Waals surface area (Å²) in [6.45, 7) is 5.10. The molecule has 1 aliphatic rings. The van der Waals surface area contributed by atoms with Crippen LogP contribution in [0.1, 0.15) is 38.7 Å². The van der Waals surface area contributed by atoms with Crippen LogP contribution in [0.4, 0.5) is 4.39 Å². The molecule has 3 rings (SSSR count). The number of carbonyl (C=O) groups excluding carboxylic acids is 2. The number of likely N-dealkylation sites (tertiary alicyclic amines) is 1. The fraction of sp³-hybridized carbons (Fsp3) is 0.417. The first-order valence-corrected chi connectivity index (χ1v) is 10.9. The van der Waals surface area contributed by atoms with Crippen LogP contribution in [0.5, 0.6) is 5.75 Å². The normalized spacial score (nSPS) is 14.9. The van der Waals surface area contributed by atoms with Gasteiger partial charge in [-0.05, 0) is 56.5 Å². The van der Waals surface area contributed by atoms with Gasteiger partial charge >= 0.3 is 0 Å². The molecule has 31 heavy (non-hydrogen) atoms. The highest BCUT2D eigenvalue weighted by Gasteiger charge is 2.32. The summed E-state index contributed by atoms with van der Waals surface area (Å²) in [7, 11) is 0. The number of carbonyl (C=O) groups is 2. The lowest BCUT2D eigenvalue weighted by Crippen LogP contribution is -2.48. The standard InChI is InChI=1S/C24H28ClFN2O3/c1-24(2,20-9-8-18(26)16-21(20)25)27-23(30)17-10-13-28(14-11-17)22(29)12-15-31-19-6-4-3-5-7-19/h3-9,16-17H,10-15H2,1-2H3,(H,27,30). The molecule has 1 N–H and O–H groups in total. The molecule has 0 radical (unpaired) electrons. The van der Waals surface area contributed by atoms with E-state index in [9.17, 15) is 14.0 Å². The van der Waals surface area contributed by atoms with E-state index in [-0.39, 0.29) is 22.8 Å². The summed E-state index contributed by atoms with van der Waals surface area (Å²) >= 11 is 6.17. The van der Waals surface area contributed by atoms with Gasteiger partial charge in [-0.3, -0.25) is 9.59 Å². The summed E-state index contributed by atoms with van der Waals surface area (Å²) in [4.78, 5) is 27.1. The largest absolute Gasteiger partial charge is 0.493 e. The van der Waals surface area contributed by atoms with Crippen molar-refractivity contribution in [3.63, 3.8) is 0 Å². The highest BCUT2D eigenvalue weighted by atomic mass is 35.5. The number of para-hydroxylation sites is 1. The van der Waals surface area contributed by atoms with E-state index in [2.05, 4.69) is 5.32 Å². The van der Waals surface area contributed by atoms with Crippen LogP contribution in [0.15, 0.2) is 48.5 Å². The molecule has 0 aromatic heterocycles. The Labute approximate surface area is 187 Å². The van der Waals surface area contributed by atoms with Crippen molar-refractivity contribution in [3.05, 3.63) is 64.9 Å². The average molecular weight is 447 g/mol. The third-order valence-corrected chi connectivity index (χ3v) is 5.90. The fourth-order valence-electron chi connectivity index (χ4n) is 3.80. The summed E-state index contributed by atoms with van der Waals surface area (Å²) in [5.41, 5.74) is -0.0706. The predicted molar refractivity (Wildman–Crippen MR) is 118 cm³/mol. The Kier molecular flexibility index (Phi) is 7.55. The van der Waals surface area contributed by atoms with Crippen LogP contribution in [0, 0.1) is 11.7 Å². The zero-order valence-corrected chi connectivity index (χ0v) is 18.6. The molecule has 0 atom stereocenters. The summed E-state index contributed by atoms with van der Waals surface area (Å²) in [5, 5.41) is 3.31. The number of ether oxygens (including phenoxy) is 1. The summed E-state index contributed by atoms with van der Waals surface area (Å²) in [6.07, 6.45) is 1.51. The van der Waals surface area contributed by atoms with Crippen LogP contribution in [0.25, 0.3) is 0 Å². The van der Waals surface area contributed by atoms with Gasteiger partial charge in [0.2, 0.25) is 11.8 Å². The van der Waals surface area contributed by atoms with Crippen LogP contribution in [0.3, 0.4) is 0 Å². The molecule has 0 spiro atoms. The molecule has 5 nitrogen and oxygen atoms in total. The van der Waals surface area contributed by atoms with Gasteiger partial charge in [-0.15, -0.1) is 0 Å². The lowest BCUT2D eigenvalue weighted by Gasteiger charge is -2.34. The minimum Gasteiger partial charge on any atom is -0.493 e. The first-order valence-electron chi connectivity index (χ1n) is 10.5. The molecule has 1 fully saturated rings. The van der Waals surface area contributed by atoms with Crippen molar-refractivity contribution in [2.24, 2.45) is 5.92 Å². The van der Waals surface area contributed by atoms with E-state index in [1.807, 2.05) is 44.2 Å². The Morgan fingerprint density at radius 3 is 2.48 bits per heavy atom. The highest BCUT2D eigenvalue weighted by Crippen LogP contribution is 2.29. The SMILES string of the molecule is CC(C)(NC(=O)C1CCN(C(=O)CCOc2ccccc2)CC1)c1ccc(F)cc1Cl. The molecule has 1 heterocycles. The van der Waals surface area contributed by atoms with Crippen molar-refractivity contribution in [1.82, 2.24) is 10.2 Å². The predicted octanol–water partition coefficient (Wildman–Crippen LogP) is 4.54. The number of hydrogen-bond acceptors (Lipinski definition) is 3. The Hall–Kier alpha value is -2.60. The molecule has 2 aromatic carbocycles. The maximum absolute atomic E-state index is 13.3. The van der Waals surface area contributed by atoms with Crippen molar-refractivity contribution in [1.29, 1.82) is 0 Å². The number of hydrogen-bond donors (Lipinski definition) is 1. The van der Waals surface area contributed by atoms with E-state index >= 15 is 0 Å². The highest BCUT2D eigenvalue weighted by molar-refractivity contribution is 6.31. The molecule has 0 aliphatic carbocycles. The van der Waals surface area contributed by atoms with E-state index in [0.717, 1.165) is 5.75 Å². The summed E-state index contributed by atoms with van der Waals surface area (Å²) in [5.74, 6) is 0.109.